The fourth-order valence-electron chi connectivity index (χ4n) is 2.68. The summed E-state index contributed by atoms with van der Waals surface area (Å²) in [5.74, 6) is -0.0644. The van der Waals surface area contributed by atoms with E-state index in [-0.39, 0.29) is 11.9 Å². The molecule has 1 saturated heterocycles. The Balaban J connectivity index is 1.61. The number of amides is 1. The molecular weight excluding hydrogens is 280 g/mol. The molecule has 22 heavy (non-hydrogen) atoms. The molecule has 3 rings (SSSR count). The van der Waals surface area contributed by atoms with Crippen LogP contribution in [0.15, 0.2) is 42.7 Å². The van der Waals surface area contributed by atoms with Crippen molar-refractivity contribution in [2.24, 2.45) is 0 Å². The van der Waals surface area contributed by atoms with Gasteiger partial charge in [-0.05, 0) is 23.6 Å². The first-order valence-corrected chi connectivity index (χ1v) is 7.46. The van der Waals surface area contributed by atoms with Crippen molar-refractivity contribution in [1.29, 1.82) is 0 Å². The fraction of sp³-hybridized carbons (Fsp3) is 0.375. The predicted octanol–water partition coefficient (Wildman–Crippen LogP) is 0.270. The number of hydrogen-bond acceptors (Lipinski definition) is 4. The summed E-state index contributed by atoms with van der Waals surface area (Å²) in [6, 6.07) is 9.59. The van der Waals surface area contributed by atoms with E-state index in [9.17, 15) is 9.90 Å². The van der Waals surface area contributed by atoms with E-state index in [1.165, 1.54) is 0 Å². The van der Waals surface area contributed by atoms with Crippen LogP contribution in [0.1, 0.15) is 17.5 Å². The maximum Gasteiger partial charge on any atom is 0.237 e. The summed E-state index contributed by atoms with van der Waals surface area (Å²) in [7, 11) is 0. The van der Waals surface area contributed by atoms with E-state index >= 15 is 0 Å². The van der Waals surface area contributed by atoms with Gasteiger partial charge >= 0.3 is 0 Å². The monoisotopic (exact) mass is 300 g/mol. The Morgan fingerprint density at radius 1 is 1.36 bits per heavy atom. The van der Waals surface area contributed by atoms with Gasteiger partial charge in [0.05, 0.1) is 18.7 Å². The highest BCUT2D eigenvalue weighted by molar-refractivity contribution is 5.82. The highest BCUT2D eigenvalue weighted by Crippen LogP contribution is 2.11. The lowest BCUT2D eigenvalue weighted by molar-refractivity contribution is -0.123. The molecular formula is C16H20N4O2. The van der Waals surface area contributed by atoms with Crippen molar-refractivity contribution in [1.82, 2.24) is 20.4 Å². The van der Waals surface area contributed by atoms with E-state index in [1.807, 2.05) is 41.2 Å². The summed E-state index contributed by atoms with van der Waals surface area (Å²) >= 11 is 0. The number of aliphatic hydroxyl groups is 1. The van der Waals surface area contributed by atoms with Crippen LogP contribution < -0.4 is 10.6 Å². The van der Waals surface area contributed by atoms with Crippen molar-refractivity contribution in [3.8, 4) is 0 Å². The van der Waals surface area contributed by atoms with Crippen molar-refractivity contribution >= 4 is 5.91 Å². The Morgan fingerprint density at radius 2 is 2.18 bits per heavy atom. The van der Waals surface area contributed by atoms with Crippen molar-refractivity contribution < 1.29 is 9.90 Å². The molecule has 0 bridgehead atoms. The van der Waals surface area contributed by atoms with Gasteiger partial charge in [0.2, 0.25) is 5.91 Å². The minimum Gasteiger partial charge on any atom is -0.392 e. The Morgan fingerprint density at radius 3 is 2.86 bits per heavy atom. The van der Waals surface area contributed by atoms with E-state index < -0.39 is 6.10 Å². The summed E-state index contributed by atoms with van der Waals surface area (Å²) in [5.41, 5.74) is 2.20. The summed E-state index contributed by atoms with van der Waals surface area (Å²) in [6.45, 7) is 1.64. The van der Waals surface area contributed by atoms with Gasteiger partial charge < -0.3 is 15.7 Å². The molecule has 1 fully saturated rings. The third-order valence-electron chi connectivity index (χ3n) is 3.89. The SMILES string of the molecule is O=C(NCc1ccccc1Cn1cccn1)[C@@H]1C[C@@H](O)CN1. The fourth-order valence-corrected chi connectivity index (χ4v) is 2.68. The molecule has 0 unspecified atom stereocenters. The molecule has 1 amide bonds. The van der Waals surface area contributed by atoms with Crippen molar-refractivity contribution in [2.75, 3.05) is 6.54 Å². The van der Waals surface area contributed by atoms with Gasteiger partial charge in [0.15, 0.2) is 0 Å². The largest absolute Gasteiger partial charge is 0.392 e. The Bertz CT molecular complexity index is 627. The highest BCUT2D eigenvalue weighted by Gasteiger charge is 2.27. The molecule has 3 N–H and O–H groups in total. The zero-order chi connectivity index (χ0) is 15.4. The molecule has 1 aliphatic heterocycles. The molecule has 2 atom stereocenters. The van der Waals surface area contributed by atoms with E-state index in [4.69, 9.17) is 0 Å². The molecule has 1 aromatic carbocycles. The van der Waals surface area contributed by atoms with Gasteiger partial charge in [-0.15, -0.1) is 0 Å². The van der Waals surface area contributed by atoms with Gasteiger partial charge in [0.1, 0.15) is 0 Å². The average Bonchev–Trinajstić information content (AvgIpc) is 3.18. The topological polar surface area (TPSA) is 79.2 Å². The van der Waals surface area contributed by atoms with Gasteiger partial charge in [0, 0.05) is 25.5 Å². The Kier molecular flexibility index (Phi) is 4.50. The average molecular weight is 300 g/mol. The molecule has 1 aromatic heterocycles. The zero-order valence-corrected chi connectivity index (χ0v) is 12.3. The summed E-state index contributed by atoms with van der Waals surface area (Å²) in [6.07, 6.45) is 3.71. The van der Waals surface area contributed by atoms with E-state index in [0.29, 0.717) is 26.1 Å². The molecule has 1 aliphatic rings. The first-order chi connectivity index (χ1) is 10.7. The molecule has 6 heteroatoms. The summed E-state index contributed by atoms with van der Waals surface area (Å²) in [4.78, 5) is 12.1. The van der Waals surface area contributed by atoms with Crippen LogP contribution in [0.5, 0.6) is 0 Å². The van der Waals surface area contributed by atoms with Crippen molar-refractivity contribution in [3.63, 3.8) is 0 Å². The van der Waals surface area contributed by atoms with E-state index in [0.717, 1.165) is 11.1 Å². The molecule has 0 spiro atoms. The first kappa shape index (κ1) is 14.7. The number of benzene rings is 1. The molecule has 2 heterocycles. The van der Waals surface area contributed by atoms with Crippen LogP contribution in [-0.2, 0) is 17.9 Å². The van der Waals surface area contributed by atoms with Crippen LogP contribution in [0.3, 0.4) is 0 Å². The van der Waals surface area contributed by atoms with Crippen LogP contribution in [0, 0.1) is 0 Å². The number of β-amino-alcohol motifs (C(OH)–C–C–N with tert-alkyl or cyclic N) is 1. The van der Waals surface area contributed by atoms with Crippen molar-refractivity contribution in [2.45, 2.75) is 31.7 Å². The Hall–Kier alpha value is -2.18. The van der Waals surface area contributed by atoms with Gasteiger partial charge in [-0.3, -0.25) is 9.48 Å². The predicted molar refractivity (Wildman–Crippen MR) is 82.0 cm³/mol. The summed E-state index contributed by atoms with van der Waals surface area (Å²) in [5, 5.41) is 19.6. The zero-order valence-electron chi connectivity index (χ0n) is 12.3. The van der Waals surface area contributed by atoms with Crippen LogP contribution in [-0.4, -0.2) is 39.5 Å². The third-order valence-corrected chi connectivity index (χ3v) is 3.89. The van der Waals surface area contributed by atoms with Crippen LogP contribution >= 0.6 is 0 Å². The number of rotatable bonds is 5. The molecule has 6 nitrogen and oxygen atoms in total. The third kappa shape index (κ3) is 3.52. The minimum atomic E-state index is -0.428. The van der Waals surface area contributed by atoms with Gasteiger partial charge in [-0.2, -0.15) is 5.10 Å². The number of nitrogens with one attached hydrogen (secondary N) is 2. The Labute approximate surface area is 129 Å². The maximum atomic E-state index is 12.1. The van der Waals surface area contributed by atoms with Gasteiger partial charge in [-0.1, -0.05) is 24.3 Å². The van der Waals surface area contributed by atoms with E-state index in [2.05, 4.69) is 15.7 Å². The number of carbonyl (C=O) groups excluding carboxylic acids is 1. The lowest BCUT2D eigenvalue weighted by Gasteiger charge is -2.13. The number of hydrogen-bond donors (Lipinski definition) is 3. The first-order valence-electron chi connectivity index (χ1n) is 7.46. The van der Waals surface area contributed by atoms with Crippen LogP contribution in [0.2, 0.25) is 0 Å². The second kappa shape index (κ2) is 6.72. The standard InChI is InChI=1S/C16H20N4O2/c21-14-8-15(17-10-14)16(22)18-9-12-4-1-2-5-13(12)11-20-7-3-6-19-20/h1-7,14-15,17,21H,8-11H2,(H,18,22)/t14-,15+/m1/s1. The molecule has 116 valence electrons. The lowest BCUT2D eigenvalue weighted by Crippen LogP contribution is -2.40. The molecule has 0 radical (unpaired) electrons. The highest BCUT2D eigenvalue weighted by atomic mass is 16.3. The number of nitrogens with zero attached hydrogens (tertiary/aromatic N) is 2. The number of carbonyl (C=O) groups is 1. The second-order valence-electron chi connectivity index (χ2n) is 5.54. The quantitative estimate of drug-likeness (QED) is 0.740. The normalized spacial score (nSPS) is 21.0. The smallest absolute Gasteiger partial charge is 0.237 e. The minimum absolute atomic E-state index is 0.0644. The van der Waals surface area contributed by atoms with Gasteiger partial charge in [0.25, 0.3) is 0 Å². The number of aliphatic hydroxyl groups excluding tert-OH is 1. The second-order valence-corrected chi connectivity index (χ2v) is 5.54. The van der Waals surface area contributed by atoms with Gasteiger partial charge in [-0.25, -0.2) is 0 Å². The number of aromatic nitrogens is 2. The van der Waals surface area contributed by atoms with Crippen LogP contribution in [0.25, 0.3) is 0 Å². The van der Waals surface area contributed by atoms with Crippen LogP contribution in [0.4, 0.5) is 0 Å². The molecule has 0 saturated carbocycles. The summed E-state index contributed by atoms with van der Waals surface area (Å²) < 4.78 is 1.86. The maximum absolute atomic E-state index is 12.1. The molecule has 2 aromatic rings. The lowest BCUT2D eigenvalue weighted by atomic mass is 10.1. The molecule has 0 aliphatic carbocycles. The van der Waals surface area contributed by atoms with E-state index in [1.54, 1.807) is 6.20 Å². The van der Waals surface area contributed by atoms with Crippen molar-refractivity contribution in [3.05, 3.63) is 53.9 Å².